The maximum Gasteiger partial charge on any atom is 0.180 e. The summed E-state index contributed by atoms with van der Waals surface area (Å²) >= 11 is 9.03. The normalized spacial score (nSPS) is 12.7. The molecule has 0 saturated carbocycles. The van der Waals surface area contributed by atoms with E-state index in [0.29, 0.717) is 11.5 Å². The first-order chi connectivity index (χ1) is 8.19. The average Bonchev–Trinajstić information content (AvgIpc) is 2.18. The minimum Gasteiger partial charge on any atom is -0.476 e. The Labute approximate surface area is 120 Å². The molecule has 0 fully saturated rings. The van der Waals surface area contributed by atoms with Crippen molar-refractivity contribution in [1.82, 2.24) is 0 Å². The lowest BCUT2D eigenvalue weighted by Crippen LogP contribution is -2.22. The molecule has 0 atom stereocenters. The summed E-state index contributed by atoms with van der Waals surface area (Å²) in [6, 6.07) is 3.18. The van der Waals surface area contributed by atoms with Crippen LogP contribution in [0.25, 0.3) is 0 Å². The second-order valence-electron chi connectivity index (χ2n) is 4.91. The SMILES string of the molecule is CC(=NCc1cc(Br)cc(Cl)c1F)OC(C)(C)C. The molecule has 100 valence electrons. The van der Waals surface area contributed by atoms with Crippen molar-refractivity contribution in [2.24, 2.45) is 4.99 Å². The van der Waals surface area contributed by atoms with Crippen molar-refractivity contribution in [1.29, 1.82) is 0 Å². The first kappa shape index (κ1) is 15.4. The van der Waals surface area contributed by atoms with E-state index in [1.54, 1.807) is 13.0 Å². The summed E-state index contributed by atoms with van der Waals surface area (Å²) in [6.07, 6.45) is 0. The lowest BCUT2D eigenvalue weighted by molar-refractivity contribution is 0.115. The highest BCUT2D eigenvalue weighted by molar-refractivity contribution is 9.10. The molecule has 0 heterocycles. The molecule has 1 rings (SSSR count). The minimum absolute atomic E-state index is 0.0870. The summed E-state index contributed by atoms with van der Waals surface area (Å²) in [6.45, 7) is 7.75. The van der Waals surface area contributed by atoms with E-state index in [-0.39, 0.29) is 17.2 Å². The third-order valence-corrected chi connectivity index (χ3v) is 2.73. The molecule has 0 spiro atoms. The lowest BCUT2D eigenvalue weighted by Gasteiger charge is -2.20. The quantitative estimate of drug-likeness (QED) is 0.424. The molecular formula is C13H16BrClFNO. The van der Waals surface area contributed by atoms with Gasteiger partial charge < -0.3 is 4.74 Å². The van der Waals surface area contributed by atoms with Gasteiger partial charge >= 0.3 is 0 Å². The van der Waals surface area contributed by atoms with Gasteiger partial charge in [-0.2, -0.15) is 0 Å². The molecule has 18 heavy (non-hydrogen) atoms. The molecule has 2 nitrogen and oxygen atoms in total. The molecule has 0 saturated heterocycles. The van der Waals surface area contributed by atoms with E-state index in [2.05, 4.69) is 20.9 Å². The van der Waals surface area contributed by atoms with Crippen LogP contribution in [0.3, 0.4) is 0 Å². The maximum absolute atomic E-state index is 13.7. The number of hydrogen-bond donors (Lipinski definition) is 0. The summed E-state index contributed by atoms with van der Waals surface area (Å²) in [7, 11) is 0. The highest BCUT2D eigenvalue weighted by Gasteiger charge is 2.12. The molecule has 0 radical (unpaired) electrons. The second kappa shape index (κ2) is 6.02. The van der Waals surface area contributed by atoms with E-state index < -0.39 is 5.82 Å². The summed E-state index contributed by atoms with van der Waals surface area (Å²) in [5, 5.41) is 0.0870. The fraction of sp³-hybridized carbons (Fsp3) is 0.462. The van der Waals surface area contributed by atoms with Crippen molar-refractivity contribution in [2.45, 2.75) is 39.8 Å². The smallest absolute Gasteiger partial charge is 0.180 e. The number of hydrogen-bond acceptors (Lipinski definition) is 2. The number of ether oxygens (including phenoxy) is 1. The van der Waals surface area contributed by atoms with Gasteiger partial charge in [0.25, 0.3) is 0 Å². The summed E-state index contributed by atoms with van der Waals surface area (Å²) in [5.41, 5.74) is 0.132. The van der Waals surface area contributed by atoms with Crippen LogP contribution in [0, 0.1) is 5.82 Å². The van der Waals surface area contributed by atoms with Gasteiger partial charge in [-0.15, -0.1) is 0 Å². The van der Waals surface area contributed by atoms with Crippen molar-refractivity contribution in [2.75, 3.05) is 0 Å². The van der Waals surface area contributed by atoms with Crippen LogP contribution < -0.4 is 0 Å². The second-order valence-corrected chi connectivity index (χ2v) is 6.23. The van der Waals surface area contributed by atoms with Crippen LogP contribution in [-0.4, -0.2) is 11.5 Å². The van der Waals surface area contributed by atoms with Crippen LogP contribution in [0.2, 0.25) is 5.02 Å². The van der Waals surface area contributed by atoms with Gasteiger partial charge in [0, 0.05) is 17.0 Å². The fourth-order valence-electron chi connectivity index (χ4n) is 1.40. The van der Waals surface area contributed by atoms with Crippen LogP contribution >= 0.6 is 27.5 Å². The predicted octanol–water partition coefficient (Wildman–Crippen LogP) is 4.98. The van der Waals surface area contributed by atoms with Crippen LogP contribution in [0.5, 0.6) is 0 Å². The topological polar surface area (TPSA) is 21.6 Å². The Kier molecular flexibility index (Phi) is 5.17. The Morgan fingerprint density at radius 3 is 2.61 bits per heavy atom. The summed E-state index contributed by atoms with van der Waals surface area (Å²) < 4.78 is 20.0. The molecule has 5 heteroatoms. The van der Waals surface area contributed by atoms with Gasteiger partial charge in [-0.25, -0.2) is 4.39 Å². The fourth-order valence-corrected chi connectivity index (χ4v) is 2.27. The van der Waals surface area contributed by atoms with Gasteiger partial charge in [-0.3, -0.25) is 4.99 Å². The van der Waals surface area contributed by atoms with Gasteiger partial charge in [0.05, 0.1) is 11.6 Å². The zero-order valence-electron chi connectivity index (χ0n) is 10.9. The highest BCUT2D eigenvalue weighted by atomic mass is 79.9. The van der Waals surface area contributed by atoms with Gasteiger partial charge in [-0.05, 0) is 32.9 Å². The zero-order chi connectivity index (χ0) is 13.9. The van der Waals surface area contributed by atoms with Crippen molar-refractivity contribution >= 4 is 33.4 Å². The molecule has 0 N–H and O–H groups in total. The molecule has 0 aliphatic carbocycles. The third kappa shape index (κ3) is 4.94. The van der Waals surface area contributed by atoms with E-state index in [0.717, 1.165) is 4.47 Å². The standard InChI is InChI=1S/C13H16BrClFNO/c1-8(18-13(2,3)4)17-7-9-5-10(14)6-11(15)12(9)16/h5-6H,7H2,1-4H3. The first-order valence-corrected chi connectivity index (χ1v) is 6.69. The van der Waals surface area contributed by atoms with Crippen LogP contribution in [0.1, 0.15) is 33.3 Å². The lowest BCUT2D eigenvalue weighted by atomic mass is 10.2. The Hall–Kier alpha value is -0.610. The predicted molar refractivity (Wildman–Crippen MR) is 76.8 cm³/mol. The van der Waals surface area contributed by atoms with E-state index >= 15 is 0 Å². The molecule has 1 aromatic carbocycles. The van der Waals surface area contributed by atoms with Crippen LogP contribution in [-0.2, 0) is 11.3 Å². The van der Waals surface area contributed by atoms with E-state index in [1.165, 1.54) is 6.07 Å². The highest BCUT2D eigenvalue weighted by Crippen LogP contribution is 2.24. The van der Waals surface area contributed by atoms with E-state index in [9.17, 15) is 4.39 Å². The van der Waals surface area contributed by atoms with Crippen molar-refractivity contribution in [3.63, 3.8) is 0 Å². The van der Waals surface area contributed by atoms with Gasteiger partial charge in [0.1, 0.15) is 11.4 Å². The Bertz CT molecular complexity index is 469. The van der Waals surface area contributed by atoms with E-state index in [1.807, 2.05) is 20.8 Å². The van der Waals surface area contributed by atoms with Crippen molar-refractivity contribution in [3.05, 3.63) is 33.0 Å². The molecule has 0 unspecified atom stereocenters. The Morgan fingerprint density at radius 1 is 1.44 bits per heavy atom. The number of halogens is 3. The number of rotatable bonds is 2. The van der Waals surface area contributed by atoms with Crippen molar-refractivity contribution in [3.8, 4) is 0 Å². The number of aliphatic imine (C=N–C) groups is 1. The number of nitrogens with zero attached hydrogens (tertiary/aromatic N) is 1. The molecule has 0 aliphatic rings. The molecular weight excluding hydrogens is 321 g/mol. The summed E-state index contributed by atoms with van der Waals surface area (Å²) in [5.74, 6) is 0.0881. The average molecular weight is 337 g/mol. The van der Waals surface area contributed by atoms with Crippen molar-refractivity contribution < 1.29 is 9.13 Å². The number of benzene rings is 1. The monoisotopic (exact) mass is 335 g/mol. The van der Waals surface area contributed by atoms with Gasteiger partial charge in [0.2, 0.25) is 0 Å². The summed E-state index contributed by atoms with van der Waals surface area (Å²) in [4.78, 5) is 4.20. The first-order valence-electron chi connectivity index (χ1n) is 5.52. The molecule has 0 aliphatic heterocycles. The molecule has 1 aromatic rings. The zero-order valence-corrected chi connectivity index (χ0v) is 13.2. The third-order valence-electron chi connectivity index (χ3n) is 1.99. The maximum atomic E-state index is 13.7. The Morgan fingerprint density at radius 2 is 2.06 bits per heavy atom. The van der Waals surface area contributed by atoms with Crippen LogP contribution in [0.15, 0.2) is 21.6 Å². The van der Waals surface area contributed by atoms with Crippen LogP contribution in [0.4, 0.5) is 4.39 Å². The van der Waals surface area contributed by atoms with E-state index in [4.69, 9.17) is 16.3 Å². The Balaban J connectivity index is 2.83. The minimum atomic E-state index is -0.438. The van der Waals surface area contributed by atoms with Gasteiger partial charge in [-0.1, -0.05) is 27.5 Å². The molecule has 0 bridgehead atoms. The largest absolute Gasteiger partial charge is 0.476 e. The molecule has 0 amide bonds. The molecule has 0 aromatic heterocycles. The van der Waals surface area contributed by atoms with Gasteiger partial charge in [0.15, 0.2) is 5.90 Å².